The molecule has 0 amide bonds. The molecule has 1 aromatic carbocycles. The van der Waals surface area contributed by atoms with E-state index in [9.17, 15) is 10.4 Å². The lowest BCUT2D eigenvalue weighted by atomic mass is 10.1. The number of aryl methyl sites for hydroxylation is 1. The molecule has 1 aromatic rings. The second-order valence-electron chi connectivity index (χ2n) is 4.99. The molecule has 0 atom stereocenters. The normalized spacial score (nSPS) is 15.6. The van der Waals surface area contributed by atoms with Gasteiger partial charge in [0.05, 0.1) is 17.9 Å². The van der Waals surface area contributed by atoms with Crippen LogP contribution in [0.2, 0.25) is 0 Å². The largest absolute Gasteiger partial charge is 0.395 e. The van der Waals surface area contributed by atoms with Gasteiger partial charge in [0.25, 0.3) is 0 Å². The Morgan fingerprint density at radius 2 is 2.11 bits per heavy atom. The fourth-order valence-corrected chi connectivity index (χ4v) is 2.80. The van der Waals surface area contributed by atoms with Crippen molar-refractivity contribution in [2.45, 2.75) is 38.6 Å². The van der Waals surface area contributed by atoms with Crippen LogP contribution in [0.1, 0.15) is 36.8 Å². The van der Waals surface area contributed by atoms with E-state index in [-0.39, 0.29) is 6.61 Å². The van der Waals surface area contributed by atoms with Crippen LogP contribution in [0.4, 0.5) is 5.69 Å². The summed E-state index contributed by atoms with van der Waals surface area (Å²) in [7, 11) is 0. The van der Waals surface area contributed by atoms with Crippen LogP contribution in [-0.2, 0) is 0 Å². The van der Waals surface area contributed by atoms with Gasteiger partial charge in [0, 0.05) is 12.6 Å². The zero-order chi connectivity index (χ0) is 13.0. The van der Waals surface area contributed by atoms with Crippen LogP contribution >= 0.6 is 0 Å². The lowest BCUT2D eigenvalue weighted by molar-refractivity contribution is 0.297. The van der Waals surface area contributed by atoms with Crippen molar-refractivity contribution >= 4 is 5.69 Å². The molecule has 0 heterocycles. The molecule has 3 nitrogen and oxygen atoms in total. The fourth-order valence-electron chi connectivity index (χ4n) is 2.80. The molecular weight excluding hydrogens is 224 g/mol. The number of nitrogens with zero attached hydrogens (tertiary/aromatic N) is 2. The van der Waals surface area contributed by atoms with Gasteiger partial charge in [0.2, 0.25) is 0 Å². The summed E-state index contributed by atoms with van der Waals surface area (Å²) in [6, 6.07) is 8.65. The average molecular weight is 244 g/mol. The van der Waals surface area contributed by atoms with Crippen molar-refractivity contribution in [3.05, 3.63) is 29.3 Å². The van der Waals surface area contributed by atoms with Gasteiger partial charge in [-0.25, -0.2) is 0 Å². The van der Waals surface area contributed by atoms with Crippen molar-refractivity contribution in [3.63, 3.8) is 0 Å². The predicted molar refractivity (Wildman–Crippen MR) is 72.6 cm³/mol. The molecule has 0 spiro atoms. The minimum Gasteiger partial charge on any atom is -0.395 e. The van der Waals surface area contributed by atoms with Crippen LogP contribution in [0.3, 0.4) is 0 Å². The Labute approximate surface area is 109 Å². The van der Waals surface area contributed by atoms with Crippen molar-refractivity contribution in [1.82, 2.24) is 0 Å². The molecule has 1 fully saturated rings. The summed E-state index contributed by atoms with van der Waals surface area (Å²) in [5.74, 6) is 0. The highest BCUT2D eigenvalue weighted by Crippen LogP contribution is 2.30. The van der Waals surface area contributed by atoms with E-state index in [1.54, 1.807) is 0 Å². The standard InChI is InChI=1S/C15H20N2O/c1-12-6-7-13(11-16)15(10-12)17(8-9-18)14-4-2-3-5-14/h6-7,10,14,18H,2-5,8-9H2,1H3. The Kier molecular flexibility index (Phi) is 4.22. The van der Waals surface area contributed by atoms with Gasteiger partial charge in [-0.1, -0.05) is 18.9 Å². The van der Waals surface area contributed by atoms with E-state index in [0.29, 0.717) is 18.2 Å². The number of aliphatic hydroxyl groups is 1. The number of hydrogen-bond donors (Lipinski definition) is 1. The van der Waals surface area contributed by atoms with E-state index in [4.69, 9.17) is 0 Å². The summed E-state index contributed by atoms with van der Waals surface area (Å²) < 4.78 is 0. The van der Waals surface area contributed by atoms with Crippen molar-refractivity contribution in [1.29, 1.82) is 5.26 Å². The molecule has 0 bridgehead atoms. The molecule has 0 aliphatic heterocycles. The SMILES string of the molecule is Cc1ccc(C#N)c(N(CCO)C2CCCC2)c1. The second-order valence-corrected chi connectivity index (χ2v) is 4.99. The first-order valence-corrected chi connectivity index (χ1v) is 6.64. The van der Waals surface area contributed by atoms with E-state index in [1.165, 1.54) is 25.7 Å². The smallest absolute Gasteiger partial charge is 0.101 e. The Morgan fingerprint density at radius 3 is 2.72 bits per heavy atom. The highest BCUT2D eigenvalue weighted by Gasteiger charge is 2.24. The van der Waals surface area contributed by atoms with Gasteiger partial charge in [-0.3, -0.25) is 0 Å². The summed E-state index contributed by atoms with van der Waals surface area (Å²) in [5, 5.41) is 18.5. The summed E-state index contributed by atoms with van der Waals surface area (Å²) in [6.07, 6.45) is 4.83. The topological polar surface area (TPSA) is 47.3 Å². The quantitative estimate of drug-likeness (QED) is 0.885. The molecule has 1 N–H and O–H groups in total. The first kappa shape index (κ1) is 12.9. The third-order valence-electron chi connectivity index (χ3n) is 3.69. The molecule has 0 radical (unpaired) electrons. The molecule has 0 aromatic heterocycles. The van der Waals surface area contributed by atoms with Crippen LogP contribution in [0.5, 0.6) is 0 Å². The van der Waals surface area contributed by atoms with Crippen molar-refractivity contribution in [2.75, 3.05) is 18.1 Å². The molecule has 1 aliphatic rings. The predicted octanol–water partition coefficient (Wildman–Crippen LogP) is 2.61. The zero-order valence-corrected chi connectivity index (χ0v) is 10.9. The molecule has 96 valence electrons. The van der Waals surface area contributed by atoms with Crippen LogP contribution in [0, 0.1) is 18.3 Å². The maximum atomic E-state index is 9.27. The number of benzene rings is 1. The number of aliphatic hydroxyl groups excluding tert-OH is 1. The van der Waals surface area contributed by atoms with Crippen molar-refractivity contribution in [2.24, 2.45) is 0 Å². The summed E-state index contributed by atoms with van der Waals surface area (Å²) in [6.45, 7) is 2.79. The van der Waals surface area contributed by atoms with Gasteiger partial charge in [0.1, 0.15) is 6.07 Å². The number of rotatable bonds is 4. The maximum absolute atomic E-state index is 9.27. The van der Waals surface area contributed by atoms with Crippen LogP contribution in [0.25, 0.3) is 0 Å². The monoisotopic (exact) mass is 244 g/mol. The fraction of sp³-hybridized carbons (Fsp3) is 0.533. The first-order chi connectivity index (χ1) is 8.76. The summed E-state index contributed by atoms with van der Waals surface area (Å²) in [5.41, 5.74) is 2.85. The van der Waals surface area contributed by atoms with Gasteiger partial charge >= 0.3 is 0 Å². The zero-order valence-electron chi connectivity index (χ0n) is 10.9. The summed E-state index contributed by atoms with van der Waals surface area (Å²) >= 11 is 0. The lowest BCUT2D eigenvalue weighted by Gasteiger charge is -2.31. The van der Waals surface area contributed by atoms with Gasteiger partial charge in [-0.15, -0.1) is 0 Å². The van der Waals surface area contributed by atoms with E-state index in [1.807, 2.05) is 19.1 Å². The lowest BCUT2D eigenvalue weighted by Crippen LogP contribution is -2.36. The Morgan fingerprint density at radius 1 is 1.39 bits per heavy atom. The van der Waals surface area contributed by atoms with Crippen LogP contribution < -0.4 is 4.90 Å². The van der Waals surface area contributed by atoms with Gasteiger partial charge < -0.3 is 10.0 Å². The molecule has 0 unspecified atom stereocenters. The highest BCUT2D eigenvalue weighted by molar-refractivity contribution is 5.61. The number of nitriles is 1. The van der Waals surface area contributed by atoms with E-state index >= 15 is 0 Å². The van der Waals surface area contributed by atoms with Gasteiger partial charge in [0.15, 0.2) is 0 Å². The molecule has 18 heavy (non-hydrogen) atoms. The third kappa shape index (κ3) is 2.65. The third-order valence-corrected chi connectivity index (χ3v) is 3.69. The molecule has 3 heteroatoms. The van der Waals surface area contributed by atoms with E-state index in [0.717, 1.165) is 11.3 Å². The minimum absolute atomic E-state index is 0.134. The summed E-state index contributed by atoms with van der Waals surface area (Å²) in [4.78, 5) is 2.22. The molecule has 0 saturated heterocycles. The number of anilines is 1. The molecule has 2 rings (SSSR count). The number of hydrogen-bond acceptors (Lipinski definition) is 3. The average Bonchev–Trinajstić information content (AvgIpc) is 2.89. The Hall–Kier alpha value is -1.53. The van der Waals surface area contributed by atoms with Crippen LogP contribution in [0.15, 0.2) is 18.2 Å². The Bertz CT molecular complexity index is 444. The maximum Gasteiger partial charge on any atom is 0.101 e. The van der Waals surface area contributed by atoms with Crippen molar-refractivity contribution < 1.29 is 5.11 Å². The highest BCUT2D eigenvalue weighted by atomic mass is 16.3. The van der Waals surface area contributed by atoms with Gasteiger partial charge in [-0.05, 0) is 37.5 Å². The van der Waals surface area contributed by atoms with E-state index in [2.05, 4.69) is 17.0 Å². The van der Waals surface area contributed by atoms with E-state index < -0.39 is 0 Å². The molecule has 1 saturated carbocycles. The minimum atomic E-state index is 0.134. The second kappa shape index (κ2) is 5.88. The van der Waals surface area contributed by atoms with Gasteiger partial charge in [-0.2, -0.15) is 5.26 Å². The van der Waals surface area contributed by atoms with Crippen molar-refractivity contribution in [3.8, 4) is 6.07 Å². The van der Waals surface area contributed by atoms with Crippen LogP contribution in [-0.4, -0.2) is 24.3 Å². The first-order valence-electron chi connectivity index (χ1n) is 6.64. The molecular formula is C15H20N2O. The Balaban J connectivity index is 2.34. The molecule has 1 aliphatic carbocycles.